The van der Waals surface area contributed by atoms with Crippen molar-refractivity contribution >= 4 is 8.32 Å². The van der Waals surface area contributed by atoms with Crippen LogP contribution in [0.25, 0.3) is 0 Å². The topological polar surface area (TPSA) is 9.23 Å². The van der Waals surface area contributed by atoms with Crippen LogP contribution in [0.2, 0.25) is 19.6 Å². The minimum Gasteiger partial charge on any atom is -0.418 e. The van der Waals surface area contributed by atoms with Crippen LogP contribution in [-0.4, -0.2) is 14.9 Å². The van der Waals surface area contributed by atoms with E-state index in [1.165, 1.54) is 38.5 Å². The molecule has 17 heavy (non-hydrogen) atoms. The number of unbranched alkanes of at least 4 members (excludes halogenated alkanes) is 6. The summed E-state index contributed by atoms with van der Waals surface area (Å²) in [5.41, 5.74) is 0. The average molecular weight is 254 g/mol. The predicted molar refractivity (Wildman–Crippen MR) is 79.7 cm³/mol. The van der Waals surface area contributed by atoms with Crippen LogP contribution in [0.5, 0.6) is 0 Å². The van der Waals surface area contributed by atoms with E-state index in [0.29, 0.717) is 0 Å². The Morgan fingerprint density at radius 3 is 2.00 bits per heavy atom. The Morgan fingerprint density at radius 1 is 0.824 bits per heavy atom. The van der Waals surface area contributed by atoms with Gasteiger partial charge >= 0.3 is 0 Å². The Morgan fingerprint density at radius 2 is 1.41 bits per heavy atom. The summed E-state index contributed by atoms with van der Waals surface area (Å²) in [5.74, 6) is 6.32. The molecule has 100 valence electrons. The van der Waals surface area contributed by atoms with Crippen molar-refractivity contribution in [2.24, 2.45) is 0 Å². The van der Waals surface area contributed by atoms with Crippen molar-refractivity contribution in [3.63, 3.8) is 0 Å². The molecule has 0 aliphatic heterocycles. The second-order valence-electron chi connectivity index (χ2n) is 5.54. The second kappa shape index (κ2) is 10.9. The van der Waals surface area contributed by atoms with Gasteiger partial charge in [0, 0.05) is 19.4 Å². The van der Waals surface area contributed by atoms with Crippen molar-refractivity contribution < 1.29 is 4.43 Å². The first-order valence-electron chi connectivity index (χ1n) is 7.16. The van der Waals surface area contributed by atoms with Crippen molar-refractivity contribution in [2.75, 3.05) is 6.61 Å². The summed E-state index contributed by atoms with van der Waals surface area (Å²) in [5, 5.41) is 0. The van der Waals surface area contributed by atoms with Crippen molar-refractivity contribution in [3.8, 4) is 11.8 Å². The average Bonchev–Trinajstić information content (AvgIpc) is 2.24. The normalized spacial score (nSPS) is 11.1. The van der Waals surface area contributed by atoms with Gasteiger partial charge in [-0.05, 0) is 32.5 Å². The summed E-state index contributed by atoms with van der Waals surface area (Å²) in [6.07, 6.45) is 9.98. The van der Waals surface area contributed by atoms with E-state index in [9.17, 15) is 0 Å². The first-order valence-corrected chi connectivity index (χ1v) is 10.6. The molecule has 0 aromatic rings. The minimum absolute atomic E-state index is 0.970. The zero-order valence-corrected chi connectivity index (χ0v) is 13.3. The number of hydrogen-bond donors (Lipinski definition) is 0. The monoisotopic (exact) mass is 254 g/mol. The fraction of sp³-hybridized carbons (Fsp3) is 0.867. The van der Waals surface area contributed by atoms with Gasteiger partial charge < -0.3 is 4.43 Å². The summed E-state index contributed by atoms with van der Waals surface area (Å²) in [6.45, 7) is 9.84. The molecule has 0 saturated carbocycles. The van der Waals surface area contributed by atoms with Crippen molar-refractivity contribution in [2.45, 2.75) is 77.9 Å². The lowest BCUT2D eigenvalue weighted by Gasteiger charge is -2.16. The van der Waals surface area contributed by atoms with E-state index in [2.05, 4.69) is 38.4 Å². The molecule has 0 radical (unpaired) electrons. The van der Waals surface area contributed by atoms with Gasteiger partial charge in [-0.15, -0.1) is 11.8 Å². The third-order valence-electron chi connectivity index (χ3n) is 2.53. The lowest BCUT2D eigenvalue weighted by atomic mass is 10.1. The molecule has 0 amide bonds. The molecule has 0 fully saturated rings. The molecule has 0 aromatic carbocycles. The van der Waals surface area contributed by atoms with Gasteiger partial charge in [0.1, 0.15) is 0 Å². The Bertz CT molecular complexity index is 219. The van der Waals surface area contributed by atoms with Crippen LogP contribution >= 0.6 is 0 Å². The van der Waals surface area contributed by atoms with Crippen LogP contribution < -0.4 is 0 Å². The lowest BCUT2D eigenvalue weighted by Crippen LogP contribution is -2.25. The van der Waals surface area contributed by atoms with E-state index in [4.69, 9.17) is 4.43 Å². The molecule has 0 N–H and O–H groups in total. The van der Waals surface area contributed by atoms with Crippen LogP contribution in [0.4, 0.5) is 0 Å². The Labute approximate surface area is 109 Å². The first kappa shape index (κ1) is 16.7. The van der Waals surface area contributed by atoms with Gasteiger partial charge in [0.25, 0.3) is 0 Å². The van der Waals surface area contributed by atoms with Gasteiger partial charge in [-0.25, -0.2) is 0 Å². The molecule has 0 rings (SSSR count). The van der Waals surface area contributed by atoms with Crippen LogP contribution in [0.15, 0.2) is 0 Å². The molecule has 0 saturated heterocycles. The van der Waals surface area contributed by atoms with E-state index < -0.39 is 8.32 Å². The maximum atomic E-state index is 5.82. The van der Waals surface area contributed by atoms with Crippen LogP contribution in [-0.2, 0) is 4.43 Å². The molecule has 1 nitrogen and oxygen atoms in total. The maximum absolute atomic E-state index is 5.82. The van der Waals surface area contributed by atoms with Crippen LogP contribution in [0.1, 0.15) is 58.3 Å². The standard InChI is InChI=1S/C15H30OSi/c1-5-6-7-8-9-10-11-12-13-14-15-16-17(2,3)4/h5,8-15H2,1-4H3. The van der Waals surface area contributed by atoms with Crippen LogP contribution in [0.3, 0.4) is 0 Å². The Balaban J connectivity index is 3.09. The number of hydrogen-bond acceptors (Lipinski definition) is 1. The first-order chi connectivity index (χ1) is 8.06. The SMILES string of the molecule is CCC#CCCCCCCCCO[Si](C)(C)C. The molecular weight excluding hydrogens is 224 g/mol. The Hall–Kier alpha value is -0.263. The largest absolute Gasteiger partial charge is 0.418 e. The summed E-state index contributed by atoms with van der Waals surface area (Å²) in [7, 11) is -1.27. The molecular formula is C15H30OSi. The molecule has 0 spiro atoms. The van der Waals surface area contributed by atoms with Crippen molar-refractivity contribution in [1.82, 2.24) is 0 Å². The second-order valence-corrected chi connectivity index (χ2v) is 10.1. The molecule has 0 aliphatic carbocycles. The van der Waals surface area contributed by atoms with Crippen molar-refractivity contribution in [3.05, 3.63) is 0 Å². The highest BCUT2D eigenvalue weighted by Crippen LogP contribution is 2.09. The zero-order valence-electron chi connectivity index (χ0n) is 12.3. The molecule has 0 heterocycles. The molecule has 0 atom stereocenters. The minimum atomic E-state index is -1.27. The van der Waals surface area contributed by atoms with E-state index in [-0.39, 0.29) is 0 Å². The third-order valence-corrected chi connectivity index (χ3v) is 3.60. The van der Waals surface area contributed by atoms with Crippen molar-refractivity contribution in [1.29, 1.82) is 0 Å². The zero-order chi connectivity index (χ0) is 13.0. The fourth-order valence-corrected chi connectivity index (χ4v) is 2.37. The molecule has 2 heteroatoms. The quantitative estimate of drug-likeness (QED) is 0.320. The smallest absolute Gasteiger partial charge is 0.183 e. The fourth-order valence-electron chi connectivity index (χ4n) is 1.61. The van der Waals surface area contributed by atoms with E-state index in [1.807, 2.05) is 0 Å². The highest BCUT2D eigenvalue weighted by molar-refractivity contribution is 6.69. The Kier molecular flexibility index (Phi) is 10.7. The van der Waals surface area contributed by atoms with E-state index in [0.717, 1.165) is 19.4 Å². The van der Waals surface area contributed by atoms with E-state index >= 15 is 0 Å². The summed E-state index contributed by atoms with van der Waals surface area (Å²) in [4.78, 5) is 0. The highest BCUT2D eigenvalue weighted by atomic mass is 28.4. The molecule has 0 bridgehead atoms. The molecule has 0 unspecified atom stereocenters. The van der Waals surface area contributed by atoms with Gasteiger partial charge in [-0.2, -0.15) is 0 Å². The molecule has 0 aliphatic rings. The lowest BCUT2D eigenvalue weighted by molar-refractivity contribution is 0.298. The van der Waals surface area contributed by atoms with Gasteiger partial charge in [0.15, 0.2) is 8.32 Å². The molecule has 0 aromatic heterocycles. The number of rotatable bonds is 9. The van der Waals surface area contributed by atoms with E-state index in [1.54, 1.807) is 0 Å². The van der Waals surface area contributed by atoms with Gasteiger partial charge in [0.2, 0.25) is 0 Å². The van der Waals surface area contributed by atoms with Gasteiger partial charge in [0.05, 0.1) is 0 Å². The highest BCUT2D eigenvalue weighted by Gasteiger charge is 2.12. The van der Waals surface area contributed by atoms with Gasteiger partial charge in [-0.3, -0.25) is 0 Å². The summed E-state index contributed by atoms with van der Waals surface area (Å²) in [6, 6.07) is 0. The third kappa shape index (κ3) is 15.7. The summed E-state index contributed by atoms with van der Waals surface area (Å²) < 4.78 is 5.82. The maximum Gasteiger partial charge on any atom is 0.183 e. The summed E-state index contributed by atoms with van der Waals surface area (Å²) >= 11 is 0. The van der Waals surface area contributed by atoms with Gasteiger partial charge in [-0.1, -0.05) is 32.6 Å². The predicted octanol–water partition coefficient (Wildman–Crippen LogP) is 4.98. The van der Waals surface area contributed by atoms with Crippen LogP contribution in [0, 0.1) is 11.8 Å².